The summed E-state index contributed by atoms with van der Waals surface area (Å²) in [6.07, 6.45) is 5.64. The number of benzene rings is 1. The molecule has 7 heteroatoms. The van der Waals surface area contributed by atoms with Crippen LogP contribution in [-0.2, 0) is 11.3 Å². The summed E-state index contributed by atoms with van der Waals surface area (Å²) >= 11 is 0. The second-order valence-corrected chi connectivity index (χ2v) is 6.19. The minimum Gasteiger partial charge on any atom is -0.373 e. The highest BCUT2D eigenvalue weighted by Gasteiger charge is 2.62. The number of nitro groups is 2. The first kappa shape index (κ1) is 13.4. The molecule has 3 aliphatic carbocycles. The zero-order valence-corrected chi connectivity index (χ0v) is 11.6. The van der Waals surface area contributed by atoms with Crippen molar-refractivity contribution in [2.24, 2.45) is 23.7 Å². The Morgan fingerprint density at radius 2 is 1.91 bits per heavy atom. The van der Waals surface area contributed by atoms with Crippen LogP contribution < -0.4 is 0 Å². The summed E-state index contributed by atoms with van der Waals surface area (Å²) in [6, 6.07) is 3.69. The van der Waals surface area contributed by atoms with Gasteiger partial charge in [-0.15, -0.1) is 0 Å². The van der Waals surface area contributed by atoms with Crippen LogP contribution in [-0.4, -0.2) is 16.0 Å². The minimum atomic E-state index is -0.633. The first-order chi connectivity index (χ1) is 10.6. The van der Waals surface area contributed by atoms with Crippen molar-refractivity contribution in [2.75, 3.05) is 0 Å². The van der Waals surface area contributed by atoms with Crippen molar-refractivity contribution in [3.05, 3.63) is 56.1 Å². The van der Waals surface area contributed by atoms with Gasteiger partial charge in [0.25, 0.3) is 11.4 Å². The first-order valence-corrected chi connectivity index (χ1v) is 7.28. The summed E-state index contributed by atoms with van der Waals surface area (Å²) in [4.78, 5) is 20.6. The third-order valence-electron chi connectivity index (χ3n) is 5.30. The Bertz CT molecular complexity index is 701. The van der Waals surface area contributed by atoms with E-state index in [1.807, 2.05) is 0 Å². The van der Waals surface area contributed by atoms with Gasteiger partial charge in [-0.3, -0.25) is 20.2 Å². The van der Waals surface area contributed by atoms with E-state index < -0.39 is 9.85 Å². The molecule has 0 bridgehead atoms. The quantitative estimate of drug-likeness (QED) is 0.473. The molecule has 114 valence electrons. The number of hydrogen-bond donors (Lipinski definition) is 0. The molecule has 1 aromatic rings. The van der Waals surface area contributed by atoms with Crippen molar-refractivity contribution in [1.82, 2.24) is 0 Å². The van der Waals surface area contributed by atoms with E-state index >= 15 is 0 Å². The smallest absolute Gasteiger partial charge is 0.281 e. The lowest BCUT2D eigenvalue weighted by atomic mass is 9.42. The van der Waals surface area contributed by atoms with E-state index in [9.17, 15) is 20.2 Å². The minimum absolute atomic E-state index is 0.128. The van der Waals surface area contributed by atoms with Crippen molar-refractivity contribution in [3.8, 4) is 0 Å². The largest absolute Gasteiger partial charge is 0.373 e. The van der Waals surface area contributed by atoms with Gasteiger partial charge in [-0.05, 0) is 36.2 Å². The Labute approximate surface area is 125 Å². The number of fused-ring (bicyclic) bond motifs is 4. The molecule has 0 amide bonds. The van der Waals surface area contributed by atoms with Gasteiger partial charge in [0.2, 0.25) is 0 Å². The molecular weight excluding hydrogens is 288 g/mol. The lowest BCUT2D eigenvalue weighted by Gasteiger charge is -2.65. The summed E-state index contributed by atoms with van der Waals surface area (Å²) in [6.45, 7) is 0.128. The van der Waals surface area contributed by atoms with Crippen molar-refractivity contribution < 1.29 is 14.6 Å². The number of hydrogen-bond acceptors (Lipinski definition) is 5. The molecule has 0 radical (unpaired) electrons. The molecule has 22 heavy (non-hydrogen) atoms. The highest BCUT2D eigenvalue weighted by Crippen LogP contribution is 2.64. The molecule has 5 atom stereocenters. The Morgan fingerprint density at radius 1 is 1.14 bits per heavy atom. The van der Waals surface area contributed by atoms with Crippen LogP contribution in [0.1, 0.15) is 12.0 Å². The maximum atomic E-state index is 11.1. The number of ether oxygens (including phenoxy) is 1. The van der Waals surface area contributed by atoms with Gasteiger partial charge in [-0.1, -0.05) is 12.2 Å². The summed E-state index contributed by atoms with van der Waals surface area (Å²) in [5.41, 5.74) is -0.139. The van der Waals surface area contributed by atoms with Crippen molar-refractivity contribution in [3.63, 3.8) is 0 Å². The van der Waals surface area contributed by atoms with E-state index in [0.29, 0.717) is 17.4 Å². The van der Waals surface area contributed by atoms with Crippen LogP contribution >= 0.6 is 0 Å². The van der Waals surface area contributed by atoms with Crippen molar-refractivity contribution in [1.29, 1.82) is 0 Å². The highest BCUT2D eigenvalue weighted by molar-refractivity contribution is 5.48. The number of nitrogens with zero attached hydrogens (tertiary/aromatic N) is 2. The number of nitro benzene ring substituents is 2. The third kappa shape index (κ3) is 1.78. The Balaban J connectivity index is 1.45. The summed E-state index contributed by atoms with van der Waals surface area (Å²) in [5, 5.41) is 21.8. The molecule has 7 nitrogen and oxygen atoms in total. The zero-order chi connectivity index (χ0) is 15.4. The molecule has 0 saturated heterocycles. The van der Waals surface area contributed by atoms with Crippen LogP contribution in [0.2, 0.25) is 0 Å². The second-order valence-electron chi connectivity index (χ2n) is 6.19. The van der Waals surface area contributed by atoms with E-state index in [1.165, 1.54) is 12.1 Å². The third-order valence-corrected chi connectivity index (χ3v) is 5.30. The van der Waals surface area contributed by atoms with Crippen molar-refractivity contribution >= 4 is 11.4 Å². The van der Waals surface area contributed by atoms with Gasteiger partial charge in [0.15, 0.2) is 0 Å². The van der Waals surface area contributed by atoms with Crippen LogP contribution in [0.25, 0.3) is 0 Å². The van der Waals surface area contributed by atoms with Crippen molar-refractivity contribution in [2.45, 2.75) is 19.1 Å². The van der Waals surface area contributed by atoms with Gasteiger partial charge in [0.05, 0.1) is 34.2 Å². The molecule has 0 heterocycles. The van der Waals surface area contributed by atoms with Crippen LogP contribution in [0.3, 0.4) is 0 Å². The Hall–Kier alpha value is -2.28. The topological polar surface area (TPSA) is 95.5 Å². The molecule has 0 spiro atoms. The van der Waals surface area contributed by atoms with Crippen LogP contribution in [0, 0.1) is 43.9 Å². The lowest BCUT2D eigenvalue weighted by molar-refractivity contribution is -0.394. The number of rotatable bonds is 5. The van der Waals surface area contributed by atoms with E-state index in [-0.39, 0.29) is 24.1 Å². The molecule has 0 unspecified atom stereocenters. The molecule has 2 fully saturated rings. The summed E-state index contributed by atoms with van der Waals surface area (Å²) in [7, 11) is 0. The van der Waals surface area contributed by atoms with Gasteiger partial charge in [-0.25, -0.2) is 0 Å². The fraction of sp³-hybridized carbons (Fsp3) is 0.467. The highest BCUT2D eigenvalue weighted by atomic mass is 16.6. The maximum Gasteiger partial charge on any atom is 0.281 e. The molecule has 3 aliphatic rings. The van der Waals surface area contributed by atoms with E-state index in [2.05, 4.69) is 12.2 Å². The van der Waals surface area contributed by atoms with Crippen LogP contribution in [0.5, 0.6) is 0 Å². The van der Waals surface area contributed by atoms with Gasteiger partial charge >= 0.3 is 0 Å². The monoisotopic (exact) mass is 302 g/mol. The average molecular weight is 302 g/mol. The second kappa shape index (κ2) is 4.61. The Morgan fingerprint density at radius 3 is 2.50 bits per heavy atom. The predicted octanol–water partition coefficient (Wildman–Crippen LogP) is 2.84. The molecule has 0 aromatic heterocycles. The van der Waals surface area contributed by atoms with Gasteiger partial charge < -0.3 is 4.74 Å². The predicted molar refractivity (Wildman–Crippen MR) is 76.0 cm³/mol. The fourth-order valence-electron chi connectivity index (χ4n) is 3.98. The molecule has 0 aliphatic heterocycles. The summed E-state index contributed by atoms with van der Waals surface area (Å²) in [5.74, 6) is 2.66. The maximum absolute atomic E-state index is 11.1. The number of non-ortho nitro benzene ring substituents is 1. The molecule has 1 aromatic carbocycles. The molecule has 0 N–H and O–H groups in total. The zero-order valence-electron chi connectivity index (χ0n) is 11.6. The normalized spacial score (nSPS) is 33.7. The van der Waals surface area contributed by atoms with E-state index in [1.54, 1.807) is 0 Å². The lowest BCUT2D eigenvalue weighted by Crippen LogP contribution is -2.63. The fourth-order valence-corrected chi connectivity index (χ4v) is 3.98. The first-order valence-electron chi connectivity index (χ1n) is 7.28. The standard InChI is InChI=1S/C15H14N2O5/c18-16(19)9-2-1-8(13(5-9)17(20)21)7-22-14-6-12-10-3-4-11(10)15(12)14/h1-5,10-12,14-15H,6-7H2/t10-,11-,12+,14+,15-/m0/s1. The van der Waals surface area contributed by atoms with E-state index in [4.69, 9.17) is 4.74 Å². The SMILES string of the molecule is O=[N+]([O-])c1ccc(CO[C@@H]2C[C@@H]3[C@H]4C=C[C@@H]4[C@@H]32)c([N+](=O)[O-])c1. The van der Waals surface area contributed by atoms with Gasteiger partial charge in [0, 0.05) is 6.07 Å². The number of allylic oxidation sites excluding steroid dienone is 2. The van der Waals surface area contributed by atoms with Crippen LogP contribution in [0.15, 0.2) is 30.4 Å². The average Bonchev–Trinajstić information content (AvgIpc) is 2.46. The van der Waals surface area contributed by atoms with Gasteiger partial charge in [0.1, 0.15) is 0 Å². The Kier molecular flexibility index (Phi) is 2.80. The van der Waals surface area contributed by atoms with E-state index in [0.717, 1.165) is 24.3 Å². The summed E-state index contributed by atoms with van der Waals surface area (Å²) < 4.78 is 5.83. The molecule has 4 rings (SSSR count). The van der Waals surface area contributed by atoms with Gasteiger partial charge in [-0.2, -0.15) is 0 Å². The molecule has 2 saturated carbocycles. The van der Waals surface area contributed by atoms with Crippen LogP contribution in [0.4, 0.5) is 11.4 Å². The molecular formula is C15H14N2O5.